The van der Waals surface area contributed by atoms with E-state index in [0.29, 0.717) is 0 Å². The van der Waals surface area contributed by atoms with E-state index in [4.69, 9.17) is 0 Å². The molecule has 0 fully saturated rings. The van der Waals surface area contributed by atoms with Crippen molar-refractivity contribution in [3.8, 4) is 0 Å². The number of aromatic nitrogens is 2. The van der Waals surface area contributed by atoms with Crippen molar-refractivity contribution >= 4 is 0 Å². The molecule has 0 bridgehead atoms. The number of aromatic amines is 1. The van der Waals surface area contributed by atoms with E-state index in [1.807, 2.05) is 11.6 Å². The number of rotatable bonds is 5. The van der Waals surface area contributed by atoms with Crippen molar-refractivity contribution in [1.29, 1.82) is 0 Å². The van der Waals surface area contributed by atoms with E-state index < -0.39 is 0 Å². The molecule has 1 N–H and O–H groups in total. The molecule has 0 unspecified atom stereocenters. The van der Waals surface area contributed by atoms with E-state index in [2.05, 4.69) is 18.9 Å². The minimum atomic E-state index is 0.0737. The highest BCUT2D eigenvalue weighted by Gasteiger charge is 2.08. The lowest BCUT2D eigenvalue weighted by atomic mass is 10.1. The summed E-state index contributed by atoms with van der Waals surface area (Å²) in [5.74, 6) is 0. The maximum atomic E-state index is 11.4. The van der Waals surface area contributed by atoms with Crippen LogP contribution >= 0.6 is 0 Å². The topological polar surface area (TPSA) is 37.8 Å². The Morgan fingerprint density at radius 3 is 2.57 bits per heavy atom. The predicted octanol–water partition coefficient (Wildman–Crippen LogP) is 2.24. The van der Waals surface area contributed by atoms with Gasteiger partial charge in [-0.25, -0.2) is 0 Å². The summed E-state index contributed by atoms with van der Waals surface area (Å²) < 4.78 is 2.01. The Balaban J connectivity index is 2.91. The van der Waals surface area contributed by atoms with Gasteiger partial charge in [-0.05, 0) is 26.2 Å². The molecule has 3 nitrogen and oxygen atoms in total. The molecule has 0 aliphatic heterocycles. The van der Waals surface area contributed by atoms with Gasteiger partial charge in [0.1, 0.15) is 0 Å². The van der Waals surface area contributed by atoms with Gasteiger partial charge in [-0.15, -0.1) is 0 Å². The third-order valence-corrected chi connectivity index (χ3v) is 2.55. The summed E-state index contributed by atoms with van der Waals surface area (Å²) in [6, 6.07) is 0. The number of hydrogen-bond acceptors (Lipinski definition) is 1. The average molecular weight is 196 g/mol. The monoisotopic (exact) mass is 196 g/mol. The van der Waals surface area contributed by atoms with Crippen LogP contribution in [0.3, 0.4) is 0 Å². The maximum absolute atomic E-state index is 11.4. The van der Waals surface area contributed by atoms with Crippen molar-refractivity contribution in [2.45, 2.75) is 53.0 Å². The average Bonchev–Trinajstić information content (AvgIpc) is 2.42. The Hall–Kier alpha value is -0.990. The molecule has 0 spiro atoms. The van der Waals surface area contributed by atoms with Crippen LogP contribution in [-0.2, 0) is 13.0 Å². The largest absolute Gasteiger partial charge is 0.289 e. The zero-order valence-corrected chi connectivity index (χ0v) is 9.39. The van der Waals surface area contributed by atoms with Gasteiger partial charge < -0.3 is 0 Å². The second-order valence-corrected chi connectivity index (χ2v) is 3.77. The van der Waals surface area contributed by atoms with Crippen LogP contribution in [0.4, 0.5) is 0 Å². The normalized spacial score (nSPS) is 10.8. The Morgan fingerprint density at radius 2 is 2.00 bits per heavy atom. The highest BCUT2D eigenvalue weighted by atomic mass is 16.1. The predicted molar refractivity (Wildman–Crippen MR) is 58.7 cm³/mol. The van der Waals surface area contributed by atoms with Crippen LogP contribution in [0.25, 0.3) is 0 Å². The summed E-state index contributed by atoms with van der Waals surface area (Å²) >= 11 is 0. The summed E-state index contributed by atoms with van der Waals surface area (Å²) in [4.78, 5) is 11.4. The minimum Gasteiger partial charge on any atom is -0.289 e. The molecule has 1 rings (SSSR count). The molecule has 0 aliphatic carbocycles. The number of hydrogen-bond donors (Lipinski definition) is 1. The van der Waals surface area contributed by atoms with Crippen LogP contribution in [0.1, 0.15) is 44.4 Å². The second kappa shape index (κ2) is 5.03. The molecule has 0 aromatic carbocycles. The molecule has 3 heteroatoms. The van der Waals surface area contributed by atoms with Crippen LogP contribution in [0, 0.1) is 6.92 Å². The Morgan fingerprint density at radius 1 is 1.29 bits per heavy atom. The zero-order valence-electron chi connectivity index (χ0n) is 9.39. The van der Waals surface area contributed by atoms with E-state index in [1.165, 1.54) is 12.1 Å². The molecule has 0 atom stereocenters. The van der Waals surface area contributed by atoms with Crippen molar-refractivity contribution in [1.82, 2.24) is 9.78 Å². The summed E-state index contributed by atoms with van der Waals surface area (Å²) in [6.07, 6.45) is 4.40. The molecule has 0 saturated heterocycles. The molecule has 0 radical (unpaired) electrons. The van der Waals surface area contributed by atoms with Crippen LogP contribution in [0.15, 0.2) is 4.79 Å². The zero-order chi connectivity index (χ0) is 10.6. The number of nitrogens with one attached hydrogen (secondary N) is 1. The molecule has 80 valence electrons. The van der Waals surface area contributed by atoms with Gasteiger partial charge in [0.15, 0.2) is 0 Å². The fraction of sp³-hybridized carbons (Fsp3) is 0.727. The van der Waals surface area contributed by atoms with E-state index in [0.717, 1.165) is 31.4 Å². The van der Waals surface area contributed by atoms with Gasteiger partial charge in [-0.1, -0.05) is 20.3 Å². The second-order valence-electron chi connectivity index (χ2n) is 3.77. The van der Waals surface area contributed by atoms with E-state index in [1.54, 1.807) is 0 Å². The first-order chi connectivity index (χ1) is 6.70. The first kappa shape index (κ1) is 11.1. The Bertz CT molecular complexity index is 336. The highest BCUT2D eigenvalue weighted by Crippen LogP contribution is 2.08. The third kappa shape index (κ3) is 2.28. The molecular weight excluding hydrogens is 176 g/mol. The van der Waals surface area contributed by atoms with Gasteiger partial charge in [0.05, 0.1) is 0 Å². The Kier molecular flexibility index (Phi) is 3.98. The van der Waals surface area contributed by atoms with E-state index in [9.17, 15) is 4.79 Å². The first-order valence-corrected chi connectivity index (χ1v) is 5.49. The lowest BCUT2D eigenvalue weighted by molar-refractivity contribution is 0.561. The van der Waals surface area contributed by atoms with Gasteiger partial charge in [-0.3, -0.25) is 14.6 Å². The van der Waals surface area contributed by atoms with Crippen LogP contribution in [0.2, 0.25) is 0 Å². The van der Waals surface area contributed by atoms with Crippen LogP contribution in [-0.4, -0.2) is 9.78 Å². The quantitative estimate of drug-likeness (QED) is 0.770. The molecule has 0 aliphatic rings. The van der Waals surface area contributed by atoms with Gasteiger partial charge in [0.2, 0.25) is 0 Å². The standard InChI is InChI=1S/C11H20N2O/c1-4-6-7-10-9(3)11(14)12-13(10)8-5-2/h4-8H2,1-3H3,(H,12,14). The van der Waals surface area contributed by atoms with E-state index >= 15 is 0 Å². The van der Waals surface area contributed by atoms with Gasteiger partial charge >= 0.3 is 0 Å². The highest BCUT2D eigenvalue weighted by molar-refractivity contribution is 5.16. The number of aryl methyl sites for hydroxylation is 1. The van der Waals surface area contributed by atoms with Crippen molar-refractivity contribution in [3.63, 3.8) is 0 Å². The summed E-state index contributed by atoms with van der Waals surface area (Å²) in [5.41, 5.74) is 2.16. The number of H-pyrrole nitrogens is 1. The van der Waals surface area contributed by atoms with Crippen LogP contribution < -0.4 is 5.56 Å². The van der Waals surface area contributed by atoms with Gasteiger partial charge in [0.25, 0.3) is 5.56 Å². The SMILES string of the molecule is CCCCc1c(C)c(=O)[nH]n1CCC. The molecule has 0 amide bonds. The summed E-state index contributed by atoms with van der Waals surface area (Å²) in [7, 11) is 0. The molecule has 1 aromatic rings. The molecule has 1 aromatic heterocycles. The fourth-order valence-corrected chi connectivity index (χ4v) is 1.69. The molecule has 14 heavy (non-hydrogen) atoms. The van der Waals surface area contributed by atoms with Gasteiger partial charge in [-0.2, -0.15) is 0 Å². The van der Waals surface area contributed by atoms with Crippen molar-refractivity contribution < 1.29 is 0 Å². The lowest BCUT2D eigenvalue weighted by Crippen LogP contribution is -2.07. The van der Waals surface area contributed by atoms with E-state index in [-0.39, 0.29) is 5.56 Å². The fourth-order valence-electron chi connectivity index (χ4n) is 1.69. The van der Waals surface area contributed by atoms with Crippen molar-refractivity contribution in [3.05, 3.63) is 21.6 Å². The summed E-state index contributed by atoms with van der Waals surface area (Å²) in [5, 5.41) is 2.88. The first-order valence-electron chi connectivity index (χ1n) is 5.49. The van der Waals surface area contributed by atoms with Crippen LogP contribution in [0.5, 0.6) is 0 Å². The maximum Gasteiger partial charge on any atom is 0.267 e. The number of nitrogens with zero attached hydrogens (tertiary/aromatic N) is 1. The molecular formula is C11H20N2O. The smallest absolute Gasteiger partial charge is 0.267 e. The molecule has 0 saturated carbocycles. The number of unbranched alkanes of at least 4 members (excludes halogenated alkanes) is 1. The summed E-state index contributed by atoms with van der Waals surface area (Å²) in [6.45, 7) is 7.12. The third-order valence-electron chi connectivity index (χ3n) is 2.55. The lowest BCUT2D eigenvalue weighted by Gasteiger charge is -2.06. The van der Waals surface area contributed by atoms with Gasteiger partial charge in [0, 0.05) is 17.8 Å². The Labute approximate surface area is 85.1 Å². The van der Waals surface area contributed by atoms with Crippen molar-refractivity contribution in [2.75, 3.05) is 0 Å². The molecule has 1 heterocycles. The van der Waals surface area contributed by atoms with Crippen molar-refractivity contribution in [2.24, 2.45) is 0 Å². The minimum absolute atomic E-state index is 0.0737.